The van der Waals surface area contributed by atoms with Gasteiger partial charge in [-0.2, -0.15) is 0 Å². The van der Waals surface area contributed by atoms with E-state index in [4.69, 9.17) is 32.7 Å². The number of carbonyl (C=O) groups is 2. The minimum Gasteiger partial charge on any atom is -0.507 e. The summed E-state index contributed by atoms with van der Waals surface area (Å²) in [5.41, 5.74) is 0.957. The molecule has 4 rings (SSSR count). The van der Waals surface area contributed by atoms with Gasteiger partial charge >= 0.3 is 0 Å². The first-order valence-corrected chi connectivity index (χ1v) is 10.3. The van der Waals surface area contributed by atoms with Crippen molar-refractivity contribution in [3.8, 4) is 11.5 Å². The highest BCUT2D eigenvalue weighted by atomic mass is 35.5. The van der Waals surface area contributed by atoms with E-state index in [1.54, 1.807) is 24.3 Å². The molecule has 8 heteroatoms. The fraction of sp³-hybridized carbons (Fsp3) is 0.273. The Morgan fingerprint density at radius 3 is 2.50 bits per heavy atom. The van der Waals surface area contributed by atoms with Gasteiger partial charge in [0.25, 0.3) is 11.7 Å². The summed E-state index contributed by atoms with van der Waals surface area (Å²) in [5.74, 6) is -0.562. The molecule has 156 valence electrons. The van der Waals surface area contributed by atoms with Gasteiger partial charge in [0.1, 0.15) is 19.0 Å². The van der Waals surface area contributed by atoms with Crippen LogP contribution in [-0.2, 0) is 9.59 Å². The molecule has 0 aliphatic carbocycles. The molecule has 2 heterocycles. The van der Waals surface area contributed by atoms with E-state index in [0.29, 0.717) is 53.8 Å². The van der Waals surface area contributed by atoms with Gasteiger partial charge in [-0.1, -0.05) is 36.2 Å². The van der Waals surface area contributed by atoms with Crippen LogP contribution in [0.25, 0.3) is 5.76 Å². The molecule has 1 unspecified atom stereocenters. The van der Waals surface area contributed by atoms with Crippen LogP contribution in [-0.4, -0.2) is 41.5 Å². The molecule has 2 aromatic rings. The highest BCUT2D eigenvalue weighted by Gasteiger charge is 2.46. The minimum atomic E-state index is -0.754. The predicted octanol–water partition coefficient (Wildman–Crippen LogP) is 4.60. The van der Waals surface area contributed by atoms with Crippen molar-refractivity contribution >= 4 is 40.7 Å². The van der Waals surface area contributed by atoms with Gasteiger partial charge in [-0.05, 0) is 42.3 Å². The topological polar surface area (TPSA) is 76.1 Å². The SMILES string of the molecule is CCCN1C(=O)C(=O)/C(=C(\O)c2ccc(Cl)c(Cl)c2)C1c1ccc2c(c1)OCCO2. The van der Waals surface area contributed by atoms with E-state index in [9.17, 15) is 14.7 Å². The number of aliphatic hydroxyl groups is 1. The van der Waals surface area contributed by atoms with Crippen LogP contribution in [0.4, 0.5) is 0 Å². The van der Waals surface area contributed by atoms with Gasteiger partial charge in [-0.3, -0.25) is 9.59 Å². The molecule has 1 amide bonds. The van der Waals surface area contributed by atoms with Gasteiger partial charge in [-0.25, -0.2) is 0 Å². The van der Waals surface area contributed by atoms with Gasteiger partial charge in [0, 0.05) is 12.1 Å². The maximum absolute atomic E-state index is 12.9. The van der Waals surface area contributed by atoms with Crippen LogP contribution in [0.5, 0.6) is 11.5 Å². The number of ether oxygens (including phenoxy) is 2. The first-order chi connectivity index (χ1) is 14.4. The third-order valence-electron chi connectivity index (χ3n) is 5.08. The average molecular weight is 448 g/mol. The summed E-state index contributed by atoms with van der Waals surface area (Å²) in [6, 6.07) is 9.06. The van der Waals surface area contributed by atoms with Crippen molar-refractivity contribution in [3.63, 3.8) is 0 Å². The largest absolute Gasteiger partial charge is 0.507 e. The Bertz CT molecular complexity index is 1070. The Balaban J connectivity index is 1.87. The number of hydrogen-bond donors (Lipinski definition) is 1. The molecule has 0 bridgehead atoms. The number of fused-ring (bicyclic) bond motifs is 1. The van der Waals surface area contributed by atoms with Crippen LogP contribution >= 0.6 is 23.2 Å². The number of nitrogens with zero attached hydrogens (tertiary/aromatic N) is 1. The van der Waals surface area contributed by atoms with E-state index >= 15 is 0 Å². The third kappa shape index (κ3) is 3.50. The van der Waals surface area contributed by atoms with Crippen molar-refractivity contribution in [2.24, 2.45) is 0 Å². The molecule has 1 atom stereocenters. The van der Waals surface area contributed by atoms with Crippen molar-refractivity contribution in [1.29, 1.82) is 0 Å². The zero-order valence-electron chi connectivity index (χ0n) is 16.2. The summed E-state index contributed by atoms with van der Waals surface area (Å²) in [4.78, 5) is 27.1. The second-order valence-corrected chi connectivity index (χ2v) is 7.84. The first kappa shape index (κ1) is 20.6. The molecule has 0 aromatic heterocycles. The van der Waals surface area contributed by atoms with E-state index in [2.05, 4.69) is 0 Å². The van der Waals surface area contributed by atoms with E-state index in [-0.39, 0.29) is 16.4 Å². The maximum atomic E-state index is 12.9. The molecule has 0 radical (unpaired) electrons. The van der Waals surface area contributed by atoms with Crippen molar-refractivity contribution in [1.82, 2.24) is 4.90 Å². The van der Waals surface area contributed by atoms with Crippen molar-refractivity contribution < 1.29 is 24.2 Å². The molecule has 2 aromatic carbocycles. The van der Waals surface area contributed by atoms with Gasteiger partial charge < -0.3 is 19.5 Å². The molecule has 1 fully saturated rings. The van der Waals surface area contributed by atoms with Gasteiger partial charge in [0.2, 0.25) is 0 Å². The molecule has 1 saturated heterocycles. The van der Waals surface area contributed by atoms with Gasteiger partial charge in [0.15, 0.2) is 11.5 Å². The molecule has 30 heavy (non-hydrogen) atoms. The first-order valence-electron chi connectivity index (χ1n) is 9.55. The lowest BCUT2D eigenvalue weighted by Gasteiger charge is -2.26. The van der Waals surface area contributed by atoms with Gasteiger partial charge in [0.05, 0.1) is 21.7 Å². The number of hydrogen-bond acceptors (Lipinski definition) is 5. The molecule has 1 N–H and O–H groups in total. The summed E-state index contributed by atoms with van der Waals surface area (Å²) in [6.45, 7) is 3.15. The number of aliphatic hydroxyl groups excluding tert-OH is 1. The molecule has 2 aliphatic rings. The number of amides is 1. The smallest absolute Gasteiger partial charge is 0.295 e. The van der Waals surface area contributed by atoms with Crippen molar-refractivity contribution in [2.45, 2.75) is 19.4 Å². The van der Waals surface area contributed by atoms with Crippen LogP contribution in [0.3, 0.4) is 0 Å². The van der Waals surface area contributed by atoms with E-state index in [0.717, 1.165) is 0 Å². The van der Waals surface area contributed by atoms with E-state index in [1.807, 2.05) is 6.92 Å². The van der Waals surface area contributed by atoms with Crippen molar-refractivity contribution in [2.75, 3.05) is 19.8 Å². The molecule has 2 aliphatic heterocycles. The van der Waals surface area contributed by atoms with Crippen LogP contribution in [0, 0.1) is 0 Å². The number of halogens is 2. The lowest BCUT2D eigenvalue weighted by atomic mass is 9.95. The number of likely N-dealkylation sites (tertiary alicyclic amines) is 1. The Labute approximate surface area is 183 Å². The molecular formula is C22H19Cl2NO5. The van der Waals surface area contributed by atoms with E-state index < -0.39 is 17.7 Å². The zero-order valence-corrected chi connectivity index (χ0v) is 17.7. The minimum absolute atomic E-state index is 0.00326. The molecular weight excluding hydrogens is 429 g/mol. The highest BCUT2D eigenvalue weighted by Crippen LogP contribution is 2.42. The normalized spacial score (nSPS) is 20.0. The highest BCUT2D eigenvalue weighted by molar-refractivity contribution is 6.46. The summed E-state index contributed by atoms with van der Waals surface area (Å²) in [7, 11) is 0. The standard InChI is InChI=1S/C22H19Cl2NO5/c1-2-7-25-19(12-4-6-16-17(11-12)30-9-8-29-16)18(21(27)22(25)28)20(26)13-3-5-14(23)15(24)10-13/h3-6,10-11,19,26H,2,7-9H2,1H3/b20-18-. The van der Waals surface area contributed by atoms with E-state index in [1.165, 1.54) is 17.0 Å². The Hall–Kier alpha value is -2.70. The third-order valence-corrected chi connectivity index (χ3v) is 5.82. The molecule has 0 saturated carbocycles. The average Bonchev–Trinajstić information content (AvgIpc) is 3.00. The van der Waals surface area contributed by atoms with Crippen LogP contribution in [0.15, 0.2) is 42.0 Å². The molecule has 0 spiro atoms. The lowest BCUT2D eigenvalue weighted by Crippen LogP contribution is -2.30. The summed E-state index contributed by atoms with van der Waals surface area (Å²) < 4.78 is 11.2. The maximum Gasteiger partial charge on any atom is 0.295 e. The number of carbonyl (C=O) groups excluding carboxylic acids is 2. The Kier molecular flexibility index (Phi) is 5.62. The van der Waals surface area contributed by atoms with Crippen molar-refractivity contribution in [3.05, 3.63) is 63.1 Å². The summed E-state index contributed by atoms with van der Waals surface area (Å²) >= 11 is 12.1. The fourth-order valence-electron chi connectivity index (χ4n) is 3.73. The fourth-order valence-corrected chi connectivity index (χ4v) is 4.03. The number of Topliss-reactive ketones (excluding diaryl/α,β-unsaturated/α-hetero) is 1. The van der Waals surface area contributed by atoms with Crippen LogP contribution in [0.2, 0.25) is 10.0 Å². The zero-order chi connectivity index (χ0) is 21.4. The second kappa shape index (κ2) is 8.20. The van der Waals surface area contributed by atoms with Crippen LogP contribution < -0.4 is 9.47 Å². The number of ketones is 1. The lowest BCUT2D eigenvalue weighted by molar-refractivity contribution is -0.139. The second-order valence-electron chi connectivity index (χ2n) is 7.02. The van der Waals surface area contributed by atoms with Crippen LogP contribution in [0.1, 0.15) is 30.5 Å². The Morgan fingerprint density at radius 1 is 1.07 bits per heavy atom. The quantitative estimate of drug-likeness (QED) is 0.421. The van der Waals surface area contributed by atoms with Gasteiger partial charge in [-0.15, -0.1) is 0 Å². The number of benzene rings is 2. The number of rotatable bonds is 4. The molecule has 6 nitrogen and oxygen atoms in total. The summed E-state index contributed by atoms with van der Waals surface area (Å²) in [5, 5.41) is 11.6. The summed E-state index contributed by atoms with van der Waals surface area (Å²) in [6.07, 6.45) is 0.654. The monoisotopic (exact) mass is 447 g/mol. The predicted molar refractivity (Wildman–Crippen MR) is 113 cm³/mol. The Morgan fingerprint density at radius 2 is 1.80 bits per heavy atom.